The molecule has 2 atom stereocenters. The molecule has 2 aromatic carbocycles. The third-order valence-electron chi connectivity index (χ3n) is 5.65. The largest absolute Gasteiger partial charge is 0.478 e. The van der Waals surface area contributed by atoms with Crippen LogP contribution in [0, 0.1) is 5.92 Å². The third-order valence-corrected chi connectivity index (χ3v) is 5.65. The number of hydrogen-bond acceptors (Lipinski definition) is 5. The molecule has 3 aliphatic rings. The van der Waals surface area contributed by atoms with Gasteiger partial charge in [0.1, 0.15) is 6.10 Å². The van der Waals surface area contributed by atoms with Crippen LogP contribution in [-0.2, 0) is 9.53 Å². The number of carboxylic acid groups (broad SMARTS) is 1. The minimum atomic E-state index is -1.00. The van der Waals surface area contributed by atoms with E-state index < -0.39 is 12.0 Å². The number of carboxylic acids is 1. The van der Waals surface area contributed by atoms with Crippen molar-refractivity contribution in [3.63, 3.8) is 0 Å². The highest BCUT2D eigenvalue weighted by Gasteiger charge is 2.37. The molecule has 146 valence electrons. The molecule has 2 bridgehead atoms. The molecule has 5 rings (SSSR count). The molecule has 0 radical (unpaired) electrons. The van der Waals surface area contributed by atoms with Crippen molar-refractivity contribution in [1.29, 1.82) is 0 Å². The zero-order valence-electron chi connectivity index (χ0n) is 15.6. The zero-order valence-corrected chi connectivity index (χ0v) is 15.6. The number of esters is 1. The summed E-state index contributed by atoms with van der Waals surface area (Å²) in [5.74, 6) is -0.902. The highest BCUT2D eigenvalue weighted by atomic mass is 16.5. The van der Waals surface area contributed by atoms with Crippen LogP contribution in [-0.4, -0.2) is 47.7 Å². The first-order valence-electron chi connectivity index (χ1n) is 9.68. The van der Waals surface area contributed by atoms with Gasteiger partial charge in [0.15, 0.2) is 6.04 Å². The van der Waals surface area contributed by atoms with Crippen molar-refractivity contribution in [2.75, 3.05) is 25.0 Å². The summed E-state index contributed by atoms with van der Waals surface area (Å²) < 4.78 is 5.93. The van der Waals surface area contributed by atoms with Gasteiger partial charge in [-0.15, -0.1) is 0 Å². The minimum Gasteiger partial charge on any atom is -0.478 e. The number of hydrogen-bond donors (Lipinski definition) is 2. The highest BCUT2D eigenvalue weighted by molar-refractivity contribution is 5.89. The minimum absolute atomic E-state index is 0.0756. The number of nitrogens with one attached hydrogen (secondary N) is 1. The molecule has 28 heavy (non-hydrogen) atoms. The van der Waals surface area contributed by atoms with E-state index in [4.69, 9.17) is 4.74 Å². The first-order chi connectivity index (χ1) is 13.6. The molecule has 3 saturated heterocycles. The first kappa shape index (κ1) is 18.5. The number of benzene rings is 2. The lowest BCUT2D eigenvalue weighted by Gasteiger charge is -2.44. The molecule has 0 saturated carbocycles. The number of carbonyl (C=O) groups excluding carboxylic acids is 1. The van der Waals surface area contributed by atoms with E-state index in [1.165, 1.54) is 12.1 Å². The van der Waals surface area contributed by atoms with Gasteiger partial charge >= 0.3 is 11.9 Å². The molecule has 2 aromatic rings. The topological polar surface area (TPSA) is 78.9 Å². The number of aromatic carboxylic acids is 1. The van der Waals surface area contributed by atoms with Crippen molar-refractivity contribution in [2.24, 2.45) is 5.92 Å². The van der Waals surface area contributed by atoms with Gasteiger partial charge in [0, 0.05) is 12.2 Å². The summed E-state index contributed by atoms with van der Waals surface area (Å²) in [6, 6.07) is 15.2. The summed E-state index contributed by atoms with van der Waals surface area (Å²) in [4.78, 5) is 26.7. The van der Waals surface area contributed by atoms with Crippen molar-refractivity contribution in [3.05, 3.63) is 65.7 Å². The molecule has 0 amide bonds. The van der Waals surface area contributed by atoms with Crippen molar-refractivity contribution >= 4 is 17.6 Å². The maximum atomic E-state index is 13.1. The SMILES string of the molecule is O=C(O)c1cccc(N[C@@H](C(=O)O[C@H]2CN3CCC2CC3)c2ccccc2)c1. The van der Waals surface area contributed by atoms with Crippen molar-refractivity contribution in [2.45, 2.75) is 25.0 Å². The Morgan fingerprint density at radius 2 is 1.82 bits per heavy atom. The Kier molecular flexibility index (Phi) is 5.30. The Morgan fingerprint density at radius 3 is 2.46 bits per heavy atom. The molecule has 3 heterocycles. The fourth-order valence-corrected chi connectivity index (χ4v) is 4.09. The van der Waals surface area contributed by atoms with Gasteiger partial charge in [0.25, 0.3) is 0 Å². The summed E-state index contributed by atoms with van der Waals surface area (Å²) in [6.07, 6.45) is 2.07. The number of carbonyl (C=O) groups is 2. The van der Waals surface area contributed by atoms with E-state index >= 15 is 0 Å². The van der Waals surface area contributed by atoms with Gasteiger partial charge in [-0.05, 0) is 55.6 Å². The molecular formula is C22H24N2O4. The van der Waals surface area contributed by atoms with Gasteiger partial charge in [0.2, 0.25) is 0 Å². The smallest absolute Gasteiger partial charge is 0.335 e. The van der Waals surface area contributed by atoms with Crippen molar-refractivity contribution < 1.29 is 19.4 Å². The predicted octanol–water partition coefficient (Wildman–Crippen LogP) is 3.18. The van der Waals surface area contributed by atoms with Crippen LogP contribution in [0.2, 0.25) is 0 Å². The van der Waals surface area contributed by atoms with Crippen molar-refractivity contribution in [1.82, 2.24) is 4.90 Å². The second-order valence-electron chi connectivity index (χ2n) is 7.49. The van der Waals surface area contributed by atoms with Crippen LogP contribution < -0.4 is 5.32 Å². The van der Waals surface area contributed by atoms with Crippen LogP contribution in [0.1, 0.15) is 34.8 Å². The number of ether oxygens (including phenoxy) is 1. The Hall–Kier alpha value is -2.86. The lowest BCUT2D eigenvalue weighted by Crippen LogP contribution is -2.52. The maximum Gasteiger partial charge on any atom is 0.335 e. The van der Waals surface area contributed by atoms with Gasteiger partial charge in [-0.1, -0.05) is 36.4 Å². The molecule has 0 unspecified atom stereocenters. The summed E-state index contributed by atoms with van der Waals surface area (Å²) in [6.45, 7) is 2.97. The van der Waals surface area contributed by atoms with Crippen LogP contribution in [0.5, 0.6) is 0 Å². The van der Waals surface area contributed by atoms with Gasteiger partial charge < -0.3 is 15.2 Å². The van der Waals surface area contributed by atoms with E-state index in [-0.39, 0.29) is 17.6 Å². The lowest BCUT2D eigenvalue weighted by atomic mass is 9.86. The number of nitrogens with zero attached hydrogens (tertiary/aromatic N) is 1. The summed E-state index contributed by atoms with van der Waals surface area (Å²) in [5, 5.41) is 12.4. The Balaban J connectivity index is 1.54. The predicted molar refractivity (Wildman–Crippen MR) is 105 cm³/mol. The molecule has 3 fully saturated rings. The lowest BCUT2D eigenvalue weighted by molar-refractivity contribution is -0.159. The molecule has 0 spiro atoms. The molecule has 2 N–H and O–H groups in total. The third kappa shape index (κ3) is 4.02. The number of fused-ring (bicyclic) bond motifs is 3. The van der Waals surface area contributed by atoms with Crippen LogP contribution in [0.25, 0.3) is 0 Å². The Labute approximate surface area is 164 Å². The number of rotatable bonds is 6. The van der Waals surface area contributed by atoms with Gasteiger partial charge in [-0.3, -0.25) is 4.90 Å². The van der Waals surface area contributed by atoms with Crippen LogP contribution in [0.3, 0.4) is 0 Å². The maximum absolute atomic E-state index is 13.1. The second kappa shape index (κ2) is 8.02. The average molecular weight is 380 g/mol. The van der Waals surface area contributed by atoms with Gasteiger partial charge in [-0.25, -0.2) is 9.59 Å². The Bertz CT molecular complexity index is 847. The quantitative estimate of drug-likeness (QED) is 0.750. The fraction of sp³-hybridized carbons (Fsp3) is 0.364. The molecule has 0 aromatic heterocycles. The van der Waals surface area contributed by atoms with E-state index in [2.05, 4.69) is 10.2 Å². The molecular weight excluding hydrogens is 356 g/mol. The fourth-order valence-electron chi connectivity index (χ4n) is 4.09. The summed E-state index contributed by atoms with van der Waals surface area (Å²) >= 11 is 0. The molecule has 3 aliphatic heterocycles. The van der Waals surface area contributed by atoms with E-state index in [1.807, 2.05) is 30.3 Å². The van der Waals surface area contributed by atoms with Crippen molar-refractivity contribution in [3.8, 4) is 0 Å². The number of anilines is 1. The first-order valence-corrected chi connectivity index (χ1v) is 9.68. The van der Waals surface area contributed by atoms with E-state index in [9.17, 15) is 14.7 Å². The van der Waals surface area contributed by atoms with Crippen LogP contribution in [0.15, 0.2) is 54.6 Å². The summed E-state index contributed by atoms with van der Waals surface area (Å²) in [7, 11) is 0. The summed E-state index contributed by atoms with van der Waals surface area (Å²) in [5.41, 5.74) is 1.52. The molecule has 6 nitrogen and oxygen atoms in total. The van der Waals surface area contributed by atoms with Gasteiger partial charge in [-0.2, -0.15) is 0 Å². The van der Waals surface area contributed by atoms with Crippen LogP contribution in [0.4, 0.5) is 5.69 Å². The normalized spacial score (nSPS) is 24.4. The second-order valence-corrected chi connectivity index (χ2v) is 7.49. The average Bonchev–Trinajstić information content (AvgIpc) is 2.73. The Morgan fingerprint density at radius 1 is 1.07 bits per heavy atom. The van der Waals surface area contributed by atoms with E-state index in [1.54, 1.807) is 12.1 Å². The molecule has 0 aliphatic carbocycles. The highest BCUT2D eigenvalue weighted by Crippen LogP contribution is 2.31. The monoisotopic (exact) mass is 380 g/mol. The van der Waals surface area contributed by atoms with Crippen LogP contribution >= 0.6 is 0 Å². The van der Waals surface area contributed by atoms with E-state index in [0.717, 1.165) is 38.0 Å². The molecule has 6 heteroatoms. The zero-order chi connectivity index (χ0) is 19.5. The van der Waals surface area contributed by atoms with Gasteiger partial charge in [0.05, 0.1) is 5.56 Å². The van der Waals surface area contributed by atoms with E-state index in [0.29, 0.717) is 11.6 Å². The standard InChI is InChI=1S/C22H24N2O4/c25-21(26)17-7-4-8-18(13-17)23-20(16-5-2-1-3-6-16)22(27)28-19-14-24-11-9-15(19)10-12-24/h1-8,13,15,19-20,23H,9-12,14H2,(H,25,26)/t19-,20+/m0/s1. The number of piperidine rings is 3.